The molecule has 1 fully saturated rings. The van der Waals surface area contributed by atoms with Crippen molar-refractivity contribution in [3.8, 4) is 34.1 Å². The number of imide groups is 1. The number of ether oxygens (including phenoxy) is 2. The summed E-state index contributed by atoms with van der Waals surface area (Å²) in [7, 11) is 3.11. The van der Waals surface area contributed by atoms with Crippen LogP contribution in [0.4, 0.5) is 8.63 Å². The fourth-order valence-electron chi connectivity index (χ4n) is 6.98. The lowest BCUT2D eigenvalue weighted by Gasteiger charge is -2.31. The van der Waals surface area contributed by atoms with Crippen LogP contribution < -0.4 is 24.7 Å². The quantitative estimate of drug-likeness (QED) is 0.161. The molecule has 11 nitrogen and oxygen atoms in total. The summed E-state index contributed by atoms with van der Waals surface area (Å²) in [6, 6.07) is 25.1. The van der Waals surface area contributed by atoms with Gasteiger partial charge < -0.3 is 40.7 Å². The number of nitrogens with zero attached hydrogens (tertiary/aromatic N) is 3. The van der Waals surface area contributed by atoms with Gasteiger partial charge in [-0.05, 0) is 66.2 Å². The van der Waals surface area contributed by atoms with Crippen molar-refractivity contribution in [3.05, 3.63) is 124 Å². The molecule has 0 unspecified atom stereocenters. The number of amides is 2. The van der Waals surface area contributed by atoms with E-state index in [0.717, 1.165) is 8.96 Å². The summed E-state index contributed by atoms with van der Waals surface area (Å²) in [6.07, 6.45) is 1.51. The van der Waals surface area contributed by atoms with Crippen molar-refractivity contribution in [2.45, 2.75) is 12.8 Å². The van der Waals surface area contributed by atoms with Crippen LogP contribution in [-0.4, -0.2) is 48.5 Å². The molecule has 3 aromatic heterocycles. The number of halogens is 2. The molecule has 0 bridgehead atoms. The summed E-state index contributed by atoms with van der Waals surface area (Å²) in [6.45, 7) is -4.51. The van der Waals surface area contributed by atoms with Crippen molar-refractivity contribution in [2.75, 3.05) is 14.2 Å². The summed E-state index contributed by atoms with van der Waals surface area (Å²) >= 11 is 0. The zero-order valence-electron chi connectivity index (χ0n) is 27.6. The number of rotatable bonds is 7. The highest BCUT2D eigenvalue weighted by atomic mass is 19.2. The van der Waals surface area contributed by atoms with Gasteiger partial charge in [-0.25, -0.2) is 4.79 Å². The van der Waals surface area contributed by atoms with E-state index in [1.165, 1.54) is 12.1 Å². The zero-order valence-corrected chi connectivity index (χ0v) is 27.6. The second-order valence-electron chi connectivity index (χ2n) is 12.5. The molecule has 2 amide bonds. The first-order valence-electron chi connectivity index (χ1n) is 16.3. The van der Waals surface area contributed by atoms with Crippen molar-refractivity contribution < 1.29 is 46.2 Å². The highest BCUT2D eigenvalue weighted by Crippen LogP contribution is 2.43. The molecule has 6 heterocycles. The normalized spacial score (nSPS) is 15.8. The van der Waals surface area contributed by atoms with E-state index < -0.39 is 24.8 Å². The van der Waals surface area contributed by atoms with Crippen LogP contribution in [0.3, 0.4) is 0 Å². The van der Waals surface area contributed by atoms with Gasteiger partial charge in [0.2, 0.25) is 5.36 Å². The van der Waals surface area contributed by atoms with Gasteiger partial charge in [0.05, 0.1) is 43.0 Å². The number of methoxy groups -OCH3 is 2. The average molecular weight is 701 g/mol. The Balaban J connectivity index is 1.19. The maximum atomic E-state index is 17.2. The van der Waals surface area contributed by atoms with Crippen LogP contribution in [0.1, 0.15) is 34.5 Å². The van der Waals surface area contributed by atoms with Crippen LogP contribution >= 0.6 is 0 Å². The molecule has 3 aromatic carbocycles. The third kappa shape index (κ3) is 4.71. The number of allylic oxidation sites excluding steroid dienone is 1. The SMILES string of the molecule is COc1ccc(-c2cc3c(o2)=CC2=C(c4ccc(C(=O)ON5C(=O)CCC5=O)cc4)c4cc5oc(-c6ccc(OC)cc6)cc5n4[B-](F)(F)[N+]=32)cc1. The predicted molar refractivity (Wildman–Crippen MR) is 184 cm³/mol. The smallest absolute Gasteiger partial charge is 0.497 e. The summed E-state index contributed by atoms with van der Waals surface area (Å²) in [5.74, 6) is -0.00833. The molecular formula is C38H26BF2N3O8. The minimum atomic E-state index is -4.51. The van der Waals surface area contributed by atoms with Crippen LogP contribution in [0, 0.1) is 0 Å². The maximum absolute atomic E-state index is 17.2. The van der Waals surface area contributed by atoms with Gasteiger partial charge in [0.15, 0.2) is 11.1 Å². The lowest BCUT2D eigenvalue weighted by molar-refractivity contribution is -0.172. The molecule has 3 aliphatic rings. The van der Waals surface area contributed by atoms with Gasteiger partial charge in [0, 0.05) is 41.8 Å². The van der Waals surface area contributed by atoms with Gasteiger partial charge in [-0.2, -0.15) is 0 Å². The number of carbonyl (C=O) groups is 3. The van der Waals surface area contributed by atoms with Crippen LogP contribution in [0.25, 0.3) is 45.4 Å². The minimum absolute atomic E-state index is 0.0380. The van der Waals surface area contributed by atoms with Crippen LogP contribution in [0.15, 0.2) is 106 Å². The average Bonchev–Trinajstić information content (AvgIpc) is 3.97. The van der Waals surface area contributed by atoms with Gasteiger partial charge in [0.1, 0.15) is 28.6 Å². The van der Waals surface area contributed by atoms with Gasteiger partial charge in [-0.1, -0.05) is 12.1 Å². The standard InChI is InChI=1S/C38H26BF2N3O8/c1-48-25-11-7-21(8-12-25)31-17-27-33(50-31)19-29-37(23-3-5-24(6-4-23)38(47)52-44-35(45)15-16-36(44)46)30-20-34-28(43(30)39(40,41)42(27)29)18-32(51-34)22-9-13-26(49-2)14-10-22/h3-14,17-20H,15-16H2,1-2H3. The number of fused-ring (bicyclic) bond motifs is 5. The second kappa shape index (κ2) is 11.4. The highest BCUT2D eigenvalue weighted by molar-refractivity contribution is 6.65. The first kappa shape index (κ1) is 31.3. The number of benzene rings is 3. The van der Waals surface area contributed by atoms with E-state index in [4.69, 9.17) is 23.1 Å². The predicted octanol–water partition coefficient (Wildman–Crippen LogP) is 5.38. The number of aromatic nitrogens is 1. The molecule has 1 saturated heterocycles. The molecule has 0 radical (unpaired) electrons. The molecule has 9 rings (SSSR count). The Morgan fingerprint density at radius 2 is 1.35 bits per heavy atom. The molecule has 258 valence electrons. The summed E-state index contributed by atoms with van der Waals surface area (Å²) < 4.78 is 59.3. The molecule has 3 aliphatic heterocycles. The molecule has 0 spiro atoms. The van der Waals surface area contributed by atoms with Gasteiger partial charge >= 0.3 is 12.9 Å². The van der Waals surface area contributed by atoms with E-state index in [2.05, 4.69) is 0 Å². The molecule has 52 heavy (non-hydrogen) atoms. The van der Waals surface area contributed by atoms with E-state index >= 15 is 8.63 Å². The summed E-state index contributed by atoms with van der Waals surface area (Å²) in [4.78, 5) is 41.9. The summed E-state index contributed by atoms with van der Waals surface area (Å²) in [5.41, 5.74) is 3.48. The lowest BCUT2D eigenvalue weighted by Crippen LogP contribution is -2.56. The number of hydroxylamine groups is 2. The maximum Gasteiger partial charge on any atom is 0.738 e. The molecular weight excluding hydrogens is 675 g/mol. The fourth-order valence-corrected chi connectivity index (χ4v) is 6.98. The number of carbonyl (C=O) groups excluding carboxylic acids is 3. The molecule has 6 aromatic rings. The Morgan fingerprint density at radius 1 is 0.769 bits per heavy atom. The van der Waals surface area contributed by atoms with Gasteiger partial charge in [0.25, 0.3) is 11.8 Å². The van der Waals surface area contributed by atoms with Crippen molar-refractivity contribution in [2.24, 2.45) is 0 Å². The molecule has 14 heteroatoms. The number of hydrogen-bond donors (Lipinski definition) is 0. The van der Waals surface area contributed by atoms with Crippen molar-refractivity contribution in [1.82, 2.24) is 14.0 Å². The third-order valence-corrected chi connectivity index (χ3v) is 9.53. The summed E-state index contributed by atoms with van der Waals surface area (Å²) in [5, 5.41) is 0.662. The Labute approximate surface area is 292 Å². The van der Waals surface area contributed by atoms with E-state index in [-0.39, 0.29) is 51.7 Å². The first-order valence-corrected chi connectivity index (χ1v) is 16.3. The number of hydrogen-bond acceptors (Lipinski definition) is 8. The third-order valence-electron chi connectivity index (χ3n) is 9.53. The van der Waals surface area contributed by atoms with E-state index in [0.29, 0.717) is 50.3 Å². The van der Waals surface area contributed by atoms with Crippen molar-refractivity contribution >= 4 is 47.5 Å². The molecule has 0 atom stereocenters. The van der Waals surface area contributed by atoms with E-state index in [9.17, 15) is 14.4 Å². The molecule has 0 saturated carbocycles. The fraction of sp³-hybridized carbons (Fsp3) is 0.105. The van der Waals surface area contributed by atoms with Crippen molar-refractivity contribution in [3.63, 3.8) is 0 Å². The van der Waals surface area contributed by atoms with Crippen LogP contribution in [0.5, 0.6) is 11.5 Å². The van der Waals surface area contributed by atoms with Crippen LogP contribution in [0.2, 0.25) is 0 Å². The van der Waals surface area contributed by atoms with E-state index in [1.807, 2.05) is 0 Å². The Morgan fingerprint density at radius 3 is 1.94 bits per heavy atom. The second-order valence-corrected chi connectivity index (χ2v) is 12.5. The van der Waals surface area contributed by atoms with E-state index in [1.54, 1.807) is 99.2 Å². The Bertz CT molecular complexity index is 2640. The van der Waals surface area contributed by atoms with Crippen LogP contribution in [-0.2, 0) is 14.4 Å². The van der Waals surface area contributed by atoms with Gasteiger partial charge in [-0.3, -0.25) is 9.59 Å². The molecule has 0 aliphatic carbocycles. The number of furan rings is 2. The monoisotopic (exact) mass is 701 g/mol. The minimum Gasteiger partial charge on any atom is -0.497 e. The largest absolute Gasteiger partial charge is 0.738 e. The lowest BCUT2D eigenvalue weighted by atomic mass is 9.86. The molecule has 0 N–H and O–H groups in total. The topological polar surface area (TPSA) is 116 Å². The first-order chi connectivity index (χ1) is 25.1. The van der Waals surface area contributed by atoms with Crippen molar-refractivity contribution in [1.29, 1.82) is 0 Å². The Kier molecular flexibility index (Phi) is 6.87. The van der Waals surface area contributed by atoms with Gasteiger partial charge in [-0.15, -0.1) is 5.06 Å². The highest BCUT2D eigenvalue weighted by Gasteiger charge is 2.54. The zero-order chi connectivity index (χ0) is 35.9. The Hall–Kier alpha value is -6.70.